The molecule has 1 amide bonds. The quantitative estimate of drug-likeness (QED) is 0.267. The molecule has 0 bridgehead atoms. The molecule has 36 heavy (non-hydrogen) atoms. The molecule has 0 aliphatic carbocycles. The molecule has 0 unspecified atom stereocenters. The van der Waals surface area contributed by atoms with E-state index in [0.29, 0.717) is 16.9 Å². The van der Waals surface area contributed by atoms with Gasteiger partial charge in [-0.25, -0.2) is 0 Å². The number of rotatable bonds is 10. The largest absolute Gasteiger partial charge is 0.497 e. The first kappa shape index (κ1) is 25.3. The highest BCUT2D eigenvalue weighted by molar-refractivity contribution is 7.99. The standard InChI is InChI=1S/C28H30N4O3S/c1-19(2)24-7-5-6-8-25(24)29-27(33)18-36-28-31-30-26(17-35-23-13-9-20(3)10-14-23)32(28)21-11-15-22(34-4)16-12-21/h5-16,19H,17-18H2,1-4H3,(H,29,33). The molecule has 1 heterocycles. The van der Waals surface area contributed by atoms with Crippen LogP contribution < -0.4 is 14.8 Å². The van der Waals surface area contributed by atoms with Crippen molar-refractivity contribution < 1.29 is 14.3 Å². The van der Waals surface area contributed by atoms with Crippen LogP contribution in [0.1, 0.15) is 36.7 Å². The van der Waals surface area contributed by atoms with E-state index >= 15 is 0 Å². The van der Waals surface area contributed by atoms with Gasteiger partial charge in [-0.05, 0) is 60.9 Å². The zero-order chi connectivity index (χ0) is 25.5. The Hall–Kier alpha value is -3.78. The molecule has 1 aromatic heterocycles. The number of carbonyl (C=O) groups is 1. The summed E-state index contributed by atoms with van der Waals surface area (Å²) in [6, 6.07) is 23.4. The van der Waals surface area contributed by atoms with E-state index in [1.807, 2.05) is 84.3 Å². The fraction of sp³-hybridized carbons (Fsp3) is 0.250. The summed E-state index contributed by atoms with van der Waals surface area (Å²) in [4.78, 5) is 12.8. The van der Waals surface area contributed by atoms with Crippen LogP contribution in [0.4, 0.5) is 5.69 Å². The van der Waals surface area contributed by atoms with Crippen LogP contribution in [0.3, 0.4) is 0 Å². The minimum atomic E-state index is -0.102. The Kier molecular flexibility index (Phi) is 8.28. The molecule has 7 nitrogen and oxygen atoms in total. The SMILES string of the molecule is COc1ccc(-n2c(COc3ccc(C)cc3)nnc2SCC(=O)Nc2ccccc2C(C)C)cc1. The number of thioether (sulfide) groups is 1. The second-order valence-corrected chi connectivity index (χ2v) is 9.56. The minimum Gasteiger partial charge on any atom is -0.497 e. The van der Waals surface area contributed by atoms with Crippen molar-refractivity contribution in [2.45, 2.75) is 38.5 Å². The Labute approximate surface area is 215 Å². The van der Waals surface area contributed by atoms with Gasteiger partial charge < -0.3 is 14.8 Å². The van der Waals surface area contributed by atoms with Gasteiger partial charge >= 0.3 is 0 Å². The highest BCUT2D eigenvalue weighted by Crippen LogP contribution is 2.27. The van der Waals surface area contributed by atoms with Gasteiger partial charge in [0.2, 0.25) is 5.91 Å². The molecule has 186 valence electrons. The lowest BCUT2D eigenvalue weighted by molar-refractivity contribution is -0.113. The number of methoxy groups -OCH3 is 1. The van der Waals surface area contributed by atoms with Crippen LogP contribution in [-0.4, -0.2) is 33.5 Å². The maximum absolute atomic E-state index is 12.8. The third kappa shape index (κ3) is 6.26. The Balaban J connectivity index is 1.52. The van der Waals surface area contributed by atoms with Gasteiger partial charge in [0.15, 0.2) is 11.0 Å². The van der Waals surface area contributed by atoms with Gasteiger partial charge in [-0.15, -0.1) is 10.2 Å². The number of hydrogen-bond acceptors (Lipinski definition) is 6. The summed E-state index contributed by atoms with van der Waals surface area (Å²) >= 11 is 1.33. The van der Waals surface area contributed by atoms with Crippen molar-refractivity contribution in [3.63, 3.8) is 0 Å². The van der Waals surface area contributed by atoms with Gasteiger partial charge in [0.05, 0.1) is 12.9 Å². The molecule has 0 saturated carbocycles. The van der Waals surface area contributed by atoms with E-state index in [1.54, 1.807) is 7.11 Å². The second kappa shape index (κ2) is 11.8. The number of amides is 1. The van der Waals surface area contributed by atoms with E-state index in [2.05, 4.69) is 29.4 Å². The average molecular weight is 503 g/mol. The Morgan fingerprint density at radius 1 is 0.972 bits per heavy atom. The van der Waals surface area contributed by atoms with Crippen LogP contribution in [0.2, 0.25) is 0 Å². The molecule has 4 rings (SSSR count). The van der Waals surface area contributed by atoms with Crippen LogP contribution in [0.25, 0.3) is 5.69 Å². The fourth-order valence-corrected chi connectivity index (χ4v) is 4.46. The minimum absolute atomic E-state index is 0.102. The van der Waals surface area contributed by atoms with E-state index in [1.165, 1.54) is 11.8 Å². The van der Waals surface area contributed by atoms with Gasteiger partial charge in [-0.3, -0.25) is 9.36 Å². The maximum Gasteiger partial charge on any atom is 0.234 e. The van der Waals surface area contributed by atoms with E-state index in [-0.39, 0.29) is 18.3 Å². The van der Waals surface area contributed by atoms with Gasteiger partial charge in [-0.2, -0.15) is 0 Å². The van der Waals surface area contributed by atoms with Gasteiger partial charge in [0.25, 0.3) is 0 Å². The molecule has 1 N–H and O–H groups in total. The number of anilines is 1. The number of nitrogens with zero attached hydrogens (tertiary/aromatic N) is 3. The van der Waals surface area contributed by atoms with Crippen molar-refractivity contribution in [3.05, 3.63) is 89.7 Å². The monoisotopic (exact) mass is 502 g/mol. The average Bonchev–Trinajstić information content (AvgIpc) is 3.30. The predicted octanol–water partition coefficient (Wildman–Crippen LogP) is 6.02. The Bertz CT molecular complexity index is 1300. The van der Waals surface area contributed by atoms with Crippen molar-refractivity contribution in [3.8, 4) is 17.2 Å². The van der Waals surface area contributed by atoms with Crippen LogP contribution >= 0.6 is 11.8 Å². The number of aryl methyl sites for hydroxylation is 1. The lowest BCUT2D eigenvalue weighted by Gasteiger charge is -2.14. The van der Waals surface area contributed by atoms with Crippen LogP contribution in [0.5, 0.6) is 11.5 Å². The summed E-state index contributed by atoms with van der Waals surface area (Å²) in [6.07, 6.45) is 0. The van der Waals surface area contributed by atoms with Crippen molar-refractivity contribution >= 4 is 23.4 Å². The first-order chi connectivity index (χ1) is 17.4. The molecule has 0 aliphatic rings. The molecule has 8 heteroatoms. The molecule has 0 fully saturated rings. The van der Waals surface area contributed by atoms with Crippen LogP contribution in [0, 0.1) is 6.92 Å². The summed E-state index contributed by atoms with van der Waals surface area (Å²) < 4.78 is 13.2. The molecular formula is C28H30N4O3S. The van der Waals surface area contributed by atoms with Gasteiger partial charge in [0, 0.05) is 11.4 Å². The van der Waals surface area contributed by atoms with E-state index in [0.717, 1.165) is 34.0 Å². The first-order valence-electron chi connectivity index (χ1n) is 11.7. The second-order valence-electron chi connectivity index (χ2n) is 8.61. The Morgan fingerprint density at radius 2 is 1.67 bits per heavy atom. The predicted molar refractivity (Wildman–Crippen MR) is 143 cm³/mol. The topological polar surface area (TPSA) is 78.3 Å². The zero-order valence-electron chi connectivity index (χ0n) is 20.9. The van der Waals surface area contributed by atoms with Crippen molar-refractivity contribution in [2.24, 2.45) is 0 Å². The summed E-state index contributed by atoms with van der Waals surface area (Å²) in [7, 11) is 1.63. The number of aromatic nitrogens is 3. The lowest BCUT2D eigenvalue weighted by Crippen LogP contribution is -2.16. The number of ether oxygens (including phenoxy) is 2. The number of benzene rings is 3. The number of carbonyl (C=O) groups excluding carboxylic acids is 1. The highest BCUT2D eigenvalue weighted by atomic mass is 32.2. The van der Waals surface area contributed by atoms with E-state index < -0.39 is 0 Å². The van der Waals surface area contributed by atoms with E-state index in [4.69, 9.17) is 9.47 Å². The van der Waals surface area contributed by atoms with Crippen LogP contribution in [-0.2, 0) is 11.4 Å². The van der Waals surface area contributed by atoms with Crippen molar-refractivity contribution in [1.29, 1.82) is 0 Å². The van der Waals surface area contributed by atoms with E-state index in [9.17, 15) is 4.79 Å². The first-order valence-corrected chi connectivity index (χ1v) is 12.7. The molecule has 0 saturated heterocycles. The molecule has 4 aromatic rings. The number of hydrogen-bond donors (Lipinski definition) is 1. The molecule has 0 aliphatic heterocycles. The third-order valence-corrected chi connectivity index (χ3v) is 6.54. The zero-order valence-corrected chi connectivity index (χ0v) is 21.7. The van der Waals surface area contributed by atoms with Crippen molar-refractivity contribution in [1.82, 2.24) is 14.8 Å². The fourth-order valence-electron chi connectivity index (χ4n) is 3.69. The summed E-state index contributed by atoms with van der Waals surface area (Å²) in [5, 5.41) is 12.4. The maximum atomic E-state index is 12.8. The van der Waals surface area contributed by atoms with Gasteiger partial charge in [0.1, 0.15) is 18.1 Å². The normalized spacial score (nSPS) is 10.9. The molecule has 3 aromatic carbocycles. The molecule has 0 atom stereocenters. The molecular weight excluding hydrogens is 472 g/mol. The highest BCUT2D eigenvalue weighted by Gasteiger charge is 2.17. The molecule has 0 radical (unpaired) electrons. The summed E-state index contributed by atoms with van der Waals surface area (Å²) in [5.41, 5.74) is 3.96. The van der Waals surface area contributed by atoms with Crippen LogP contribution in [0.15, 0.2) is 78.0 Å². The van der Waals surface area contributed by atoms with Gasteiger partial charge in [-0.1, -0.05) is 61.5 Å². The number of nitrogens with one attached hydrogen (secondary N) is 1. The smallest absolute Gasteiger partial charge is 0.234 e. The summed E-state index contributed by atoms with van der Waals surface area (Å²) in [6.45, 7) is 6.48. The summed E-state index contributed by atoms with van der Waals surface area (Å²) in [5.74, 6) is 2.54. The lowest BCUT2D eigenvalue weighted by atomic mass is 10.0. The number of para-hydroxylation sites is 1. The third-order valence-electron chi connectivity index (χ3n) is 5.61. The van der Waals surface area contributed by atoms with Crippen molar-refractivity contribution in [2.75, 3.05) is 18.2 Å². The Morgan fingerprint density at radius 3 is 2.36 bits per heavy atom. The molecule has 0 spiro atoms.